The van der Waals surface area contributed by atoms with Crippen molar-refractivity contribution in [3.8, 4) is 0 Å². The molecule has 3 N–H and O–H groups in total. The molecule has 5 rings (SSSR count). The molecule has 4 amide bonds. The average Bonchev–Trinajstić information content (AvgIpc) is 3.36. The normalized spacial score (nSPS) is 23.4. The van der Waals surface area contributed by atoms with Crippen LogP contribution in [0.25, 0.3) is 10.1 Å². The molecule has 0 saturated carbocycles. The number of hydrogen-bond acceptors (Lipinski definition) is 5. The number of anilines is 1. The third kappa shape index (κ3) is 4.26. The van der Waals surface area contributed by atoms with Crippen molar-refractivity contribution < 1.29 is 19.4 Å². The number of likely N-dealkylation sites (tertiary alicyclic amines) is 2. The molecule has 192 valence electrons. The van der Waals surface area contributed by atoms with Gasteiger partial charge in [-0.05, 0) is 38.8 Å². The Hall–Kier alpha value is -2.98. The molecule has 36 heavy (non-hydrogen) atoms. The van der Waals surface area contributed by atoms with Gasteiger partial charge < -0.3 is 10.2 Å². The van der Waals surface area contributed by atoms with Crippen LogP contribution in [0.2, 0.25) is 0 Å². The fraction of sp³-hybridized carbons (Fsp3) is 0.538. The van der Waals surface area contributed by atoms with Crippen LogP contribution >= 0.6 is 11.3 Å². The highest BCUT2D eigenvalue weighted by Gasteiger charge is 2.55. The Morgan fingerprint density at radius 3 is 2.64 bits per heavy atom. The van der Waals surface area contributed by atoms with Crippen LogP contribution in [0, 0.1) is 0 Å². The number of rotatable bonds is 4. The van der Waals surface area contributed by atoms with E-state index in [4.69, 9.17) is 0 Å². The number of nitrogens with one attached hydrogen (secondary N) is 3. The van der Waals surface area contributed by atoms with Gasteiger partial charge in [0.1, 0.15) is 5.00 Å². The fourth-order valence-corrected chi connectivity index (χ4v) is 7.13. The second-order valence-electron chi connectivity index (χ2n) is 9.95. The maximum absolute atomic E-state index is 13.7. The standard InChI is InChI=1S/C26H34N6O3S/c1-4-32-17(2)29-26(24(32)34)12-7-13-31(16-26)18-10-14-30(15-11-18)23(33)21-19-8-5-6-9-20(19)36-22(21)28-25(35)27-3/h5-6,8-9,18H,4,7,10-16H2,1-3H3,(H2,27,28,35)/p+1. The maximum Gasteiger partial charge on any atom is 0.358 e. The molecule has 2 fully saturated rings. The lowest BCUT2D eigenvalue weighted by Crippen LogP contribution is -2.89. The van der Waals surface area contributed by atoms with E-state index in [9.17, 15) is 14.4 Å². The van der Waals surface area contributed by atoms with Gasteiger partial charge in [0.2, 0.25) is 11.4 Å². The van der Waals surface area contributed by atoms with E-state index in [0.29, 0.717) is 42.8 Å². The van der Waals surface area contributed by atoms with E-state index in [-0.39, 0.29) is 17.8 Å². The summed E-state index contributed by atoms with van der Waals surface area (Å²) >= 11 is 1.42. The average molecular weight is 512 g/mol. The van der Waals surface area contributed by atoms with E-state index in [1.54, 1.807) is 7.05 Å². The predicted molar refractivity (Wildman–Crippen MR) is 141 cm³/mol. The number of thiophene rings is 1. The minimum Gasteiger partial charge on any atom is -0.341 e. The molecule has 10 heteroatoms. The van der Waals surface area contributed by atoms with Crippen LogP contribution in [0.15, 0.2) is 24.3 Å². The van der Waals surface area contributed by atoms with Crippen LogP contribution in [-0.2, 0) is 4.79 Å². The zero-order chi connectivity index (χ0) is 25.4. The number of urea groups is 1. The quantitative estimate of drug-likeness (QED) is 0.579. The number of nitrogens with zero attached hydrogens (tertiary/aromatic N) is 3. The molecule has 3 aliphatic heterocycles. The van der Waals surface area contributed by atoms with Gasteiger partial charge in [-0.1, -0.05) is 18.2 Å². The second-order valence-corrected chi connectivity index (χ2v) is 11.0. The first-order valence-corrected chi connectivity index (χ1v) is 13.7. The third-order valence-electron chi connectivity index (χ3n) is 7.85. The fourth-order valence-electron chi connectivity index (χ4n) is 6.04. The minimum atomic E-state index is -0.513. The van der Waals surface area contributed by atoms with Crippen molar-refractivity contribution in [3.63, 3.8) is 0 Å². The molecule has 0 radical (unpaired) electrons. The first kappa shape index (κ1) is 24.7. The van der Waals surface area contributed by atoms with Crippen LogP contribution in [0.4, 0.5) is 9.80 Å². The molecule has 1 spiro atoms. The molecule has 1 unspecified atom stereocenters. The Balaban J connectivity index is 1.29. The summed E-state index contributed by atoms with van der Waals surface area (Å²) in [6, 6.07) is 7.79. The van der Waals surface area contributed by atoms with Crippen LogP contribution in [-0.4, -0.2) is 89.7 Å². The zero-order valence-corrected chi connectivity index (χ0v) is 22.0. The van der Waals surface area contributed by atoms with Gasteiger partial charge in [-0.25, -0.2) is 9.59 Å². The number of benzene rings is 1. The number of carbonyl (C=O) groups excluding carboxylic acids is 3. The molecule has 4 heterocycles. The van der Waals surface area contributed by atoms with Crippen molar-refractivity contribution in [2.75, 3.05) is 45.1 Å². The second kappa shape index (κ2) is 9.82. The Morgan fingerprint density at radius 2 is 1.94 bits per heavy atom. The van der Waals surface area contributed by atoms with Crippen molar-refractivity contribution in [2.24, 2.45) is 0 Å². The zero-order valence-electron chi connectivity index (χ0n) is 21.2. The number of hydrogen-bond donors (Lipinski definition) is 3. The van der Waals surface area contributed by atoms with Gasteiger partial charge in [-0.15, -0.1) is 11.3 Å². The summed E-state index contributed by atoms with van der Waals surface area (Å²) in [5.74, 6) is 1.11. The van der Waals surface area contributed by atoms with Gasteiger partial charge >= 0.3 is 11.9 Å². The minimum absolute atomic E-state index is 0.0381. The summed E-state index contributed by atoms with van der Waals surface area (Å²) in [5, 5.41) is 6.87. The van der Waals surface area contributed by atoms with Crippen molar-refractivity contribution in [3.05, 3.63) is 29.8 Å². The van der Waals surface area contributed by atoms with Crippen molar-refractivity contribution in [2.45, 2.75) is 51.1 Å². The van der Waals surface area contributed by atoms with Crippen LogP contribution in [0.5, 0.6) is 0 Å². The lowest BCUT2D eigenvalue weighted by atomic mass is 9.87. The first-order valence-electron chi connectivity index (χ1n) is 12.8. The molecule has 3 aliphatic rings. The van der Waals surface area contributed by atoms with Gasteiger partial charge in [0, 0.05) is 49.6 Å². The van der Waals surface area contributed by atoms with Gasteiger partial charge in [0.05, 0.1) is 18.7 Å². The Labute approximate surface area is 215 Å². The van der Waals surface area contributed by atoms with E-state index in [1.807, 2.05) is 47.9 Å². The SMILES string of the molecule is CCN1C(=O)C2(CCCN(C3CCN(C(=O)c4c(NC(=O)NC)sc5ccccc45)CC3)C2)[NH+]=C1C. The highest BCUT2D eigenvalue weighted by atomic mass is 32.1. The number of piperidine rings is 2. The summed E-state index contributed by atoms with van der Waals surface area (Å²) in [6.07, 6.45) is 3.59. The molecule has 0 aliphatic carbocycles. The largest absolute Gasteiger partial charge is 0.358 e. The summed E-state index contributed by atoms with van der Waals surface area (Å²) in [7, 11) is 1.56. The van der Waals surface area contributed by atoms with Gasteiger partial charge in [0.15, 0.2) is 0 Å². The molecule has 2 aromatic rings. The lowest BCUT2D eigenvalue weighted by molar-refractivity contribution is -0.535. The molecular formula is C26H35N6O3S+. The van der Waals surface area contributed by atoms with E-state index in [0.717, 1.165) is 48.1 Å². The summed E-state index contributed by atoms with van der Waals surface area (Å²) in [6.45, 7) is 7.70. The van der Waals surface area contributed by atoms with Gasteiger partial charge in [-0.3, -0.25) is 20.0 Å². The maximum atomic E-state index is 13.7. The third-order valence-corrected chi connectivity index (χ3v) is 8.94. The van der Waals surface area contributed by atoms with Crippen LogP contribution in [0.1, 0.15) is 49.9 Å². The highest BCUT2D eigenvalue weighted by Crippen LogP contribution is 2.37. The first-order chi connectivity index (χ1) is 17.4. The van der Waals surface area contributed by atoms with E-state index >= 15 is 0 Å². The van der Waals surface area contributed by atoms with E-state index < -0.39 is 5.54 Å². The van der Waals surface area contributed by atoms with Crippen LogP contribution < -0.4 is 15.6 Å². The topological polar surface area (TPSA) is 99.0 Å². The summed E-state index contributed by atoms with van der Waals surface area (Å²) < 4.78 is 0.975. The number of amides is 4. The smallest absolute Gasteiger partial charge is 0.341 e. The van der Waals surface area contributed by atoms with Crippen molar-refractivity contribution in [1.82, 2.24) is 20.0 Å². The molecular weight excluding hydrogens is 476 g/mol. The van der Waals surface area contributed by atoms with Gasteiger partial charge in [0.25, 0.3) is 5.91 Å². The Morgan fingerprint density at radius 1 is 1.19 bits per heavy atom. The number of carbonyl (C=O) groups is 3. The van der Waals surface area contributed by atoms with Crippen LogP contribution in [0.3, 0.4) is 0 Å². The van der Waals surface area contributed by atoms with Crippen molar-refractivity contribution >= 4 is 50.1 Å². The molecule has 1 aromatic carbocycles. The molecule has 0 bridgehead atoms. The summed E-state index contributed by atoms with van der Waals surface area (Å²) in [5.41, 5.74) is 0.0578. The monoisotopic (exact) mass is 511 g/mol. The molecule has 2 saturated heterocycles. The summed E-state index contributed by atoms with van der Waals surface area (Å²) in [4.78, 5) is 48.7. The van der Waals surface area contributed by atoms with Crippen molar-refractivity contribution in [1.29, 1.82) is 0 Å². The molecule has 1 atom stereocenters. The Bertz CT molecular complexity index is 1220. The van der Waals surface area contributed by atoms with E-state index in [2.05, 4.69) is 20.5 Å². The lowest BCUT2D eigenvalue weighted by Gasteiger charge is -2.43. The molecule has 1 aromatic heterocycles. The van der Waals surface area contributed by atoms with Gasteiger partial charge in [-0.2, -0.15) is 4.90 Å². The molecule has 9 nitrogen and oxygen atoms in total. The van der Waals surface area contributed by atoms with E-state index in [1.165, 1.54) is 11.3 Å². The highest BCUT2D eigenvalue weighted by molar-refractivity contribution is 7.23. The predicted octanol–water partition coefficient (Wildman–Crippen LogP) is 1.45. The number of fused-ring (bicyclic) bond motifs is 1. The Kier molecular flexibility index (Phi) is 6.74. The number of likely N-dealkylation sites (N-methyl/N-ethyl adjacent to an activating group) is 1. The number of amidine groups is 1.